The minimum absolute atomic E-state index is 0.516. The van der Waals surface area contributed by atoms with Crippen molar-refractivity contribution < 1.29 is 0 Å². The van der Waals surface area contributed by atoms with Crippen molar-refractivity contribution in [1.82, 2.24) is 4.90 Å². The first-order chi connectivity index (χ1) is 8.16. The molecule has 17 heavy (non-hydrogen) atoms. The van der Waals surface area contributed by atoms with Crippen molar-refractivity contribution in [3.8, 4) is 0 Å². The lowest BCUT2D eigenvalue weighted by molar-refractivity contribution is 0.140. The van der Waals surface area contributed by atoms with Crippen molar-refractivity contribution >= 4 is 0 Å². The average Bonchev–Trinajstić information content (AvgIpc) is 2.97. The van der Waals surface area contributed by atoms with E-state index in [4.69, 9.17) is 5.73 Å². The predicted molar refractivity (Wildman–Crippen MR) is 71.7 cm³/mol. The number of rotatable bonds is 3. The van der Waals surface area contributed by atoms with E-state index in [0.717, 1.165) is 29.7 Å². The van der Waals surface area contributed by atoms with Gasteiger partial charge in [-0.1, -0.05) is 13.8 Å². The number of hydrogen-bond acceptors (Lipinski definition) is 2. The van der Waals surface area contributed by atoms with Crippen molar-refractivity contribution in [2.24, 2.45) is 29.4 Å². The first-order valence-corrected chi connectivity index (χ1v) is 7.66. The van der Waals surface area contributed by atoms with Gasteiger partial charge in [-0.25, -0.2) is 0 Å². The molecule has 1 heterocycles. The Morgan fingerprint density at radius 1 is 1.18 bits per heavy atom. The Kier molecular flexibility index (Phi) is 3.20. The van der Waals surface area contributed by atoms with Crippen LogP contribution in [0.25, 0.3) is 0 Å². The van der Waals surface area contributed by atoms with Gasteiger partial charge in [0.1, 0.15) is 0 Å². The van der Waals surface area contributed by atoms with E-state index < -0.39 is 0 Å². The minimum Gasteiger partial charge on any atom is -0.327 e. The Morgan fingerprint density at radius 2 is 1.94 bits per heavy atom. The van der Waals surface area contributed by atoms with Crippen molar-refractivity contribution in [3.05, 3.63) is 0 Å². The van der Waals surface area contributed by atoms with Gasteiger partial charge in [0.25, 0.3) is 0 Å². The van der Waals surface area contributed by atoms with Crippen LogP contribution >= 0.6 is 0 Å². The maximum absolute atomic E-state index is 6.44. The maximum Gasteiger partial charge on any atom is 0.0119 e. The lowest BCUT2D eigenvalue weighted by Crippen LogP contribution is -2.45. The number of hydrogen-bond donors (Lipinski definition) is 1. The normalized spacial score (nSPS) is 46.2. The predicted octanol–water partition coefficient (Wildman–Crippen LogP) is 2.48. The Balaban J connectivity index is 1.63. The molecule has 2 saturated carbocycles. The molecule has 0 amide bonds. The van der Waals surface area contributed by atoms with Gasteiger partial charge in [0.05, 0.1) is 0 Å². The molecule has 0 aromatic rings. The molecule has 0 spiro atoms. The first kappa shape index (κ1) is 12.0. The van der Waals surface area contributed by atoms with E-state index in [9.17, 15) is 0 Å². The SMILES string of the molecule is CC(C)C1CCCN1CC1C2CCC(C2)C1N. The standard InChI is InChI=1S/C15H28N2/c1-10(2)14-4-3-7-17(14)9-13-11-5-6-12(8-11)15(13)16/h10-15H,3-9,16H2,1-2H3. The summed E-state index contributed by atoms with van der Waals surface area (Å²) in [6.07, 6.45) is 7.12. The van der Waals surface area contributed by atoms with E-state index >= 15 is 0 Å². The van der Waals surface area contributed by atoms with Crippen LogP contribution in [0.2, 0.25) is 0 Å². The van der Waals surface area contributed by atoms with Crippen LogP contribution in [-0.4, -0.2) is 30.1 Å². The van der Waals surface area contributed by atoms with Gasteiger partial charge < -0.3 is 5.73 Å². The second kappa shape index (κ2) is 4.55. The van der Waals surface area contributed by atoms with Gasteiger partial charge in [0.15, 0.2) is 0 Å². The summed E-state index contributed by atoms with van der Waals surface area (Å²) in [5.74, 6) is 3.45. The topological polar surface area (TPSA) is 29.3 Å². The number of nitrogens with zero attached hydrogens (tertiary/aromatic N) is 1. The van der Waals surface area contributed by atoms with Crippen LogP contribution in [0.15, 0.2) is 0 Å². The third-order valence-corrected chi connectivity index (χ3v) is 5.79. The molecule has 0 aromatic carbocycles. The molecule has 5 unspecified atom stereocenters. The first-order valence-electron chi connectivity index (χ1n) is 7.66. The summed E-state index contributed by atoms with van der Waals surface area (Å²) in [6.45, 7) is 7.38. The Labute approximate surface area is 106 Å². The molecule has 3 fully saturated rings. The zero-order valence-corrected chi connectivity index (χ0v) is 11.4. The molecular weight excluding hydrogens is 208 g/mol. The lowest BCUT2D eigenvalue weighted by Gasteiger charge is -2.35. The van der Waals surface area contributed by atoms with Gasteiger partial charge in [-0.15, -0.1) is 0 Å². The van der Waals surface area contributed by atoms with Gasteiger partial charge >= 0.3 is 0 Å². The summed E-state index contributed by atoms with van der Waals surface area (Å²) in [4.78, 5) is 2.76. The molecule has 2 bridgehead atoms. The molecule has 5 atom stereocenters. The van der Waals surface area contributed by atoms with E-state index in [0.29, 0.717) is 6.04 Å². The van der Waals surface area contributed by atoms with E-state index in [2.05, 4.69) is 18.7 Å². The highest BCUT2D eigenvalue weighted by atomic mass is 15.2. The van der Waals surface area contributed by atoms with Crippen LogP contribution in [0.5, 0.6) is 0 Å². The largest absolute Gasteiger partial charge is 0.327 e. The molecule has 2 nitrogen and oxygen atoms in total. The maximum atomic E-state index is 6.44. The number of likely N-dealkylation sites (tertiary alicyclic amines) is 1. The van der Waals surface area contributed by atoms with Crippen LogP contribution < -0.4 is 5.73 Å². The second-order valence-electron chi connectivity index (χ2n) is 7.02. The van der Waals surface area contributed by atoms with Crippen molar-refractivity contribution in [2.75, 3.05) is 13.1 Å². The molecule has 1 aliphatic heterocycles. The zero-order chi connectivity index (χ0) is 12.0. The van der Waals surface area contributed by atoms with E-state index in [-0.39, 0.29) is 0 Å². The number of fused-ring (bicyclic) bond motifs is 2. The van der Waals surface area contributed by atoms with Gasteiger partial charge in [-0.05, 0) is 62.3 Å². The van der Waals surface area contributed by atoms with E-state index in [1.165, 1.54) is 45.2 Å². The number of nitrogens with two attached hydrogens (primary N) is 1. The van der Waals surface area contributed by atoms with Crippen molar-refractivity contribution in [3.63, 3.8) is 0 Å². The highest BCUT2D eigenvalue weighted by Gasteiger charge is 2.46. The van der Waals surface area contributed by atoms with E-state index in [1.807, 2.05) is 0 Å². The van der Waals surface area contributed by atoms with Crippen molar-refractivity contribution in [1.29, 1.82) is 0 Å². The fourth-order valence-electron chi connectivity index (χ4n) is 4.83. The summed E-state index contributed by atoms with van der Waals surface area (Å²) in [7, 11) is 0. The van der Waals surface area contributed by atoms with E-state index in [1.54, 1.807) is 0 Å². The third kappa shape index (κ3) is 2.04. The van der Waals surface area contributed by atoms with Gasteiger partial charge in [0, 0.05) is 18.6 Å². The van der Waals surface area contributed by atoms with Crippen LogP contribution in [0.4, 0.5) is 0 Å². The Morgan fingerprint density at radius 3 is 2.59 bits per heavy atom. The molecular formula is C15H28N2. The Hall–Kier alpha value is -0.0800. The summed E-state index contributed by atoms with van der Waals surface area (Å²) in [6, 6.07) is 1.35. The van der Waals surface area contributed by atoms with Crippen LogP contribution in [0.1, 0.15) is 46.0 Å². The molecule has 3 rings (SSSR count). The second-order valence-corrected chi connectivity index (χ2v) is 7.02. The monoisotopic (exact) mass is 236 g/mol. The molecule has 1 saturated heterocycles. The highest BCUT2D eigenvalue weighted by molar-refractivity contribution is 5.00. The highest BCUT2D eigenvalue weighted by Crippen LogP contribution is 2.48. The van der Waals surface area contributed by atoms with Crippen molar-refractivity contribution in [2.45, 2.75) is 58.0 Å². The molecule has 2 N–H and O–H groups in total. The summed E-state index contributed by atoms with van der Waals surface area (Å²) in [5, 5.41) is 0. The van der Waals surface area contributed by atoms with Gasteiger partial charge in [0.2, 0.25) is 0 Å². The smallest absolute Gasteiger partial charge is 0.0119 e. The molecule has 0 aromatic heterocycles. The molecule has 2 heteroatoms. The Bertz CT molecular complexity index is 274. The molecule has 2 aliphatic carbocycles. The average molecular weight is 236 g/mol. The zero-order valence-electron chi connectivity index (χ0n) is 11.4. The van der Waals surface area contributed by atoms with Crippen LogP contribution in [0, 0.1) is 23.7 Å². The summed E-state index contributed by atoms with van der Waals surface area (Å²) < 4.78 is 0. The summed E-state index contributed by atoms with van der Waals surface area (Å²) in [5.41, 5.74) is 6.44. The minimum atomic E-state index is 0.516. The molecule has 98 valence electrons. The summed E-state index contributed by atoms with van der Waals surface area (Å²) >= 11 is 0. The fourth-order valence-corrected chi connectivity index (χ4v) is 4.83. The van der Waals surface area contributed by atoms with Crippen LogP contribution in [0.3, 0.4) is 0 Å². The quantitative estimate of drug-likeness (QED) is 0.815. The fraction of sp³-hybridized carbons (Fsp3) is 1.00. The van der Waals surface area contributed by atoms with Crippen LogP contribution in [-0.2, 0) is 0 Å². The molecule has 0 radical (unpaired) electrons. The third-order valence-electron chi connectivity index (χ3n) is 5.79. The molecule has 3 aliphatic rings. The van der Waals surface area contributed by atoms with Gasteiger partial charge in [-0.2, -0.15) is 0 Å². The van der Waals surface area contributed by atoms with Gasteiger partial charge in [-0.3, -0.25) is 4.90 Å². The lowest BCUT2D eigenvalue weighted by atomic mass is 9.84.